The summed E-state index contributed by atoms with van der Waals surface area (Å²) in [6, 6.07) is 11.1. The van der Waals surface area contributed by atoms with Crippen molar-refractivity contribution < 1.29 is 0 Å². The molecule has 1 aromatic carbocycles. The number of hydrogen-bond donors (Lipinski definition) is 0. The molecule has 1 fully saturated rings. The van der Waals surface area contributed by atoms with Crippen molar-refractivity contribution in [2.75, 3.05) is 13.6 Å². The van der Waals surface area contributed by atoms with Crippen molar-refractivity contribution in [1.29, 1.82) is 0 Å². The second-order valence-corrected chi connectivity index (χ2v) is 5.64. The third-order valence-electron chi connectivity index (χ3n) is 4.09. The molecule has 0 unspecified atom stereocenters. The Morgan fingerprint density at radius 2 is 2.00 bits per heavy atom. The molecule has 0 aromatic heterocycles. The van der Waals surface area contributed by atoms with Crippen LogP contribution in [0.25, 0.3) is 0 Å². The summed E-state index contributed by atoms with van der Waals surface area (Å²) in [6.07, 6.45) is 3.43. The minimum atomic E-state index is 0.639. The van der Waals surface area contributed by atoms with E-state index in [4.69, 9.17) is 0 Å². The molecule has 1 aliphatic heterocycles. The predicted molar refractivity (Wildman–Crippen MR) is 78.0 cm³/mol. The van der Waals surface area contributed by atoms with Crippen molar-refractivity contribution in [1.82, 2.24) is 4.90 Å². The highest BCUT2D eigenvalue weighted by Crippen LogP contribution is 2.25. The summed E-state index contributed by atoms with van der Waals surface area (Å²) in [5, 5.41) is 0. The average Bonchev–Trinajstić information content (AvgIpc) is 2.37. The maximum atomic E-state index is 4.63. The number of piperidine rings is 1. The second-order valence-electron chi connectivity index (χ2n) is 5.64. The van der Waals surface area contributed by atoms with E-state index < -0.39 is 0 Å². The second kappa shape index (κ2) is 6.14. The molecular weight excluding hydrogens is 220 g/mol. The first-order valence-corrected chi connectivity index (χ1v) is 6.91. The Bertz CT molecular complexity index is 385. The van der Waals surface area contributed by atoms with E-state index in [1.165, 1.54) is 18.5 Å². The molecule has 0 spiro atoms. The molecule has 1 aromatic rings. The van der Waals surface area contributed by atoms with Gasteiger partial charge in [0, 0.05) is 18.8 Å². The lowest BCUT2D eigenvalue weighted by Gasteiger charge is -2.38. The highest BCUT2D eigenvalue weighted by Gasteiger charge is 2.27. The van der Waals surface area contributed by atoms with Gasteiger partial charge in [0.15, 0.2) is 0 Å². The van der Waals surface area contributed by atoms with E-state index in [-0.39, 0.29) is 0 Å². The zero-order valence-corrected chi connectivity index (χ0v) is 11.7. The van der Waals surface area contributed by atoms with Crippen LogP contribution < -0.4 is 0 Å². The number of hydrogen-bond acceptors (Lipinski definition) is 2. The van der Waals surface area contributed by atoms with E-state index in [9.17, 15) is 0 Å². The Labute approximate surface area is 111 Å². The molecule has 0 amide bonds. The van der Waals surface area contributed by atoms with Crippen molar-refractivity contribution in [3.63, 3.8) is 0 Å². The van der Waals surface area contributed by atoms with E-state index in [1.54, 1.807) is 0 Å². The summed E-state index contributed by atoms with van der Waals surface area (Å²) in [4.78, 5) is 7.08. The van der Waals surface area contributed by atoms with Gasteiger partial charge >= 0.3 is 0 Å². The summed E-state index contributed by atoms with van der Waals surface area (Å²) >= 11 is 0. The smallest absolute Gasteiger partial charge is 0.0635 e. The van der Waals surface area contributed by atoms with E-state index in [2.05, 4.69) is 61.3 Å². The first-order chi connectivity index (χ1) is 8.66. The summed E-state index contributed by atoms with van der Waals surface area (Å²) in [5.74, 6) is 1.35. The minimum Gasteiger partial charge on any atom is -0.303 e. The van der Waals surface area contributed by atoms with Crippen LogP contribution in [0.15, 0.2) is 35.3 Å². The maximum Gasteiger partial charge on any atom is 0.0635 e. The topological polar surface area (TPSA) is 15.6 Å². The average molecular weight is 244 g/mol. The zero-order chi connectivity index (χ0) is 13.0. The molecule has 0 N–H and O–H groups in total. The quantitative estimate of drug-likeness (QED) is 0.745. The maximum absolute atomic E-state index is 4.63. The van der Waals surface area contributed by atoms with E-state index >= 15 is 0 Å². The lowest BCUT2D eigenvalue weighted by molar-refractivity contribution is 0.134. The number of benzene rings is 1. The van der Waals surface area contributed by atoms with Crippen molar-refractivity contribution in [2.24, 2.45) is 16.8 Å². The largest absolute Gasteiger partial charge is 0.303 e. The lowest BCUT2D eigenvalue weighted by atomic mass is 9.84. The van der Waals surface area contributed by atoms with Crippen LogP contribution in [0.1, 0.15) is 25.8 Å². The fourth-order valence-electron chi connectivity index (χ4n) is 2.66. The third-order valence-corrected chi connectivity index (χ3v) is 4.09. The Kier molecular flexibility index (Phi) is 4.54. The number of likely N-dealkylation sites (tertiary alicyclic amines) is 1. The molecule has 1 heterocycles. The summed E-state index contributed by atoms with van der Waals surface area (Å²) in [7, 11) is 2.22. The van der Waals surface area contributed by atoms with Crippen LogP contribution in [0.5, 0.6) is 0 Å². The van der Waals surface area contributed by atoms with Gasteiger partial charge < -0.3 is 4.90 Å². The van der Waals surface area contributed by atoms with Crippen LogP contribution in [0.2, 0.25) is 0 Å². The molecule has 0 bridgehead atoms. The molecule has 2 nitrogen and oxygen atoms in total. The molecule has 1 saturated heterocycles. The lowest BCUT2D eigenvalue weighted by Crippen LogP contribution is -2.43. The highest BCUT2D eigenvalue weighted by atomic mass is 15.1. The summed E-state index contributed by atoms with van der Waals surface area (Å²) < 4.78 is 0. The third kappa shape index (κ3) is 3.42. The predicted octanol–water partition coefficient (Wildman–Crippen LogP) is 3.23. The highest BCUT2D eigenvalue weighted by molar-refractivity contribution is 5.61. The van der Waals surface area contributed by atoms with Gasteiger partial charge in [-0.3, -0.25) is 4.99 Å². The van der Waals surface area contributed by atoms with Crippen molar-refractivity contribution in [2.45, 2.75) is 32.9 Å². The van der Waals surface area contributed by atoms with Crippen LogP contribution in [-0.2, 0) is 6.54 Å². The van der Waals surface area contributed by atoms with Gasteiger partial charge in [0.05, 0.1) is 6.54 Å². The number of rotatable bonds is 3. The molecule has 2 rings (SSSR count). The molecule has 98 valence electrons. The molecule has 3 atom stereocenters. The van der Waals surface area contributed by atoms with Gasteiger partial charge in [-0.25, -0.2) is 0 Å². The molecule has 0 radical (unpaired) electrons. The van der Waals surface area contributed by atoms with Crippen LogP contribution in [0, 0.1) is 11.8 Å². The number of nitrogens with zero attached hydrogens (tertiary/aromatic N) is 2. The number of aliphatic imine (C=N–C) groups is 1. The van der Waals surface area contributed by atoms with Crippen LogP contribution in [0.3, 0.4) is 0 Å². The SMILES string of the molecule is C[C@H]1CN(C)[C@@H](C)C[C@@H]1C=NCc1ccccc1. The van der Waals surface area contributed by atoms with Crippen LogP contribution >= 0.6 is 0 Å². The fourth-order valence-corrected chi connectivity index (χ4v) is 2.66. The molecule has 1 aliphatic rings. The molecule has 0 aliphatic carbocycles. The van der Waals surface area contributed by atoms with Crippen molar-refractivity contribution in [3.8, 4) is 0 Å². The molecule has 2 heteroatoms. The Hall–Kier alpha value is -1.15. The van der Waals surface area contributed by atoms with Gasteiger partial charge in [-0.15, -0.1) is 0 Å². The first kappa shape index (κ1) is 13.3. The van der Waals surface area contributed by atoms with E-state index in [1.807, 2.05) is 6.07 Å². The molecule has 0 saturated carbocycles. The summed E-state index contributed by atoms with van der Waals surface area (Å²) in [5.41, 5.74) is 1.29. The van der Waals surface area contributed by atoms with Gasteiger partial charge in [0.2, 0.25) is 0 Å². The van der Waals surface area contributed by atoms with Crippen LogP contribution in [0.4, 0.5) is 0 Å². The van der Waals surface area contributed by atoms with Gasteiger partial charge in [0.25, 0.3) is 0 Å². The van der Waals surface area contributed by atoms with E-state index in [0.717, 1.165) is 6.54 Å². The van der Waals surface area contributed by atoms with Gasteiger partial charge in [-0.2, -0.15) is 0 Å². The normalized spacial score (nSPS) is 29.8. The van der Waals surface area contributed by atoms with Crippen LogP contribution in [-0.4, -0.2) is 30.7 Å². The van der Waals surface area contributed by atoms with Gasteiger partial charge in [-0.1, -0.05) is 37.3 Å². The van der Waals surface area contributed by atoms with Gasteiger partial charge in [-0.05, 0) is 37.8 Å². The van der Waals surface area contributed by atoms with E-state index in [0.29, 0.717) is 17.9 Å². The monoisotopic (exact) mass is 244 g/mol. The standard InChI is InChI=1S/C16H24N2/c1-13-12-18(3)14(2)9-16(13)11-17-10-15-7-5-4-6-8-15/h4-8,11,13-14,16H,9-10,12H2,1-3H3/t13-,14-,16+/m0/s1. The molecular formula is C16H24N2. The molecule has 18 heavy (non-hydrogen) atoms. The zero-order valence-electron chi connectivity index (χ0n) is 11.7. The first-order valence-electron chi connectivity index (χ1n) is 6.91. The Morgan fingerprint density at radius 3 is 2.72 bits per heavy atom. The summed E-state index contributed by atoms with van der Waals surface area (Å²) in [6.45, 7) is 6.64. The Balaban J connectivity index is 1.89. The Morgan fingerprint density at radius 1 is 1.28 bits per heavy atom. The van der Waals surface area contributed by atoms with Crippen molar-refractivity contribution >= 4 is 6.21 Å². The van der Waals surface area contributed by atoms with Crippen molar-refractivity contribution in [3.05, 3.63) is 35.9 Å². The van der Waals surface area contributed by atoms with Gasteiger partial charge in [0.1, 0.15) is 0 Å². The minimum absolute atomic E-state index is 0.639. The fraction of sp³-hybridized carbons (Fsp3) is 0.562.